The fourth-order valence-corrected chi connectivity index (χ4v) is 3.48. The molecule has 0 saturated carbocycles. The lowest BCUT2D eigenvalue weighted by molar-refractivity contribution is -0.116. The third kappa shape index (κ3) is 4.46. The lowest BCUT2D eigenvalue weighted by Crippen LogP contribution is -2.14. The van der Waals surface area contributed by atoms with Crippen LogP contribution in [0, 0.1) is 11.7 Å². The van der Waals surface area contributed by atoms with Crippen molar-refractivity contribution in [3.05, 3.63) is 59.2 Å². The van der Waals surface area contributed by atoms with Crippen molar-refractivity contribution in [2.45, 2.75) is 20.3 Å². The van der Waals surface area contributed by atoms with E-state index in [4.69, 9.17) is 0 Å². The van der Waals surface area contributed by atoms with Gasteiger partial charge >= 0.3 is 0 Å². The van der Waals surface area contributed by atoms with E-state index in [1.807, 2.05) is 13.8 Å². The Bertz CT molecular complexity index is 948. The zero-order valence-corrected chi connectivity index (χ0v) is 15.3. The monoisotopic (exact) mass is 370 g/mol. The molecule has 4 nitrogen and oxygen atoms in total. The molecule has 0 unspecified atom stereocenters. The van der Waals surface area contributed by atoms with Gasteiger partial charge in [-0.05, 0) is 59.8 Å². The molecular weight excluding hydrogens is 351 g/mol. The fraction of sp³-hybridized carbons (Fsp3) is 0.200. The number of thiophene rings is 1. The van der Waals surface area contributed by atoms with Gasteiger partial charge in [0, 0.05) is 22.5 Å². The second-order valence-electron chi connectivity index (χ2n) is 6.47. The fourth-order valence-electron chi connectivity index (χ4n) is 2.54. The highest BCUT2D eigenvalue weighted by atomic mass is 32.1. The van der Waals surface area contributed by atoms with Crippen LogP contribution in [-0.2, 0) is 4.79 Å². The molecule has 2 amide bonds. The van der Waals surface area contributed by atoms with Gasteiger partial charge in [-0.1, -0.05) is 13.8 Å². The summed E-state index contributed by atoms with van der Waals surface area (Å²) in [6.07, 6.45) is 0.463. The van der Waals surface area contributed by atoms with E-state index < -0.39 is 0 Å². The molecule has 1 heterocycles. The van der Waals surface area contributed by atoms with Crippen molar-refractivity contribution in [1.82, 2.24) is 0 Å². The Kier molecular flexibility index (Phi) is 5.32. The summed E-state index contributed by atoms with van der Waals surface area (Å²) in [4.78, 5) is 24.7. The van der Waals surface area contributed by atoms with Crippen LogP contribution < -0.4 is 10.6 Å². The number of hydrogen-bond donors (Lipinski definition) is 2. The predicted molar refractivity (Wildman–Crippen MR) is 104 cm³/mol. The molecule has 6 heteroatoms. The van der Waals surface area contributed by atoms with Gasteiger partial charge in [0.15, 0.2) is 0 Å². The average Bonchev–Trinajstić information content (AvgIpc) is 2.99. The van der Waals surface area contributed by atoms with Gasteiger partial charge in [0.25, 0.3) is 5.91 Å². The van der Waals surface area contributed by atoms with E-state index in [9.17, 15) is 14.0 Å². The predicted octanol–water partition coefficient (Wildman–Crippen LogP) is 5.28. The van der Waals surface area contributed by atoms with Crippen molar-refractivity contribution in [2.24, 2.45) is 5.92 Å². The van der Waals surface area contributed by atoms with E-state index in [1.54, 1.807) is 36.4 Å². The van der Waals surface area contributed by atoms with Crippen LogP contribution in [0.25, 0.3) is 10.1 Å². The Morgan fingerprint density at radius 3 is 2.31 bits per heavy atom. The molecule has 0 aliphatic rings. The molecule has 3 aromatic rings. The lowest BCUT2D eigenvalue weighted by Gasteiger charge is -2.08. The molecule has 0 radical (unpaired) electrons. The molecular formula is C20H19FN2O2S. The maximum atomic E-state index is 13.3. The van der Waals surface area contributed by atoms with E-state index in [2.05, 4.69) is 10.6 Å². The summed E-state index contributed by atoms with van der Waals surface area (Å²) in [5, 5.41) is 6.35. The zero-order chi connectivity index (χ0) is 18.7. The van der Waals surface area contributed by atoms with E-state index in [-0.39, 0.29) is 17.6 Å². The van der Waals surface area contributed by atoms with Crippen molar-refractivity contribution in [1.29, 1.82) is 0 Å². The molecule has 0 aliphatic heterocycles. The molecule has 1 aromatic heterocycles. The van der Waals surface area contributed by atoms with Gasteiger partial charge in [-0.3, -0.25) is 9.59 Å². The number of carbonyl (C=O) groups is 2. The minimum absolute atomic E-state index is 0.0331. The average molecular weight is 370 g/mol. The Labute approximate surface area is 155 Å². The Balaban J connectivity index is 1.66. The second-order valence-corrected chi connectivity index (χ2v) is 7.55. The van der Waals surface area contributed by atoms with Gasteiger partial charge < -0.3 is 10.6 Å². The smallest absolute Gasteiger partial charge is 0.265 e. The van der Waals surface area contributed by atoms with Crippen molar-refractivity contribution >= 4 is 44.6 Å². The third-order valence-electron chi connectivity index (χ3n) is 3.72. The SMILES string of the molecule is CC(C)CC(=O)Nc1ccc(NC(=O)c2cc3cc(F)ccc3s2)cc1. The molecule has 0 bridgehead atoms. The van der Waals surface area contributed by atoms with Crippen molar-refractivity contribution in [3.8, 4) is 0 Å². The van der Waals surface area contributed by atoms with Crippen molar-refractivity contribution < 1.29 is 14.0 Å². The standard InChI is InChI=1S/C20H19FN2O2S/c1-12(2)9-19(24)22-15-4-6-16(7-5-15)23-20(25)18-11-13-10-14(21)3-8-17(13)26-18/h3-8,10-12H,9H2,1-2H3,(H,22,24)(H,23,25). The largest absolute Gasteiger partial charge is 0.326 e. The van der Waals surface area contributed by atoms with Crippen LogP contribution in [0.15, 0.2) is 48.5 Å². The third-order valence-corrected chi connectivity index (χ3v) is 4.84. The molecule has 0 atom stereocenters. The van der Waals surface area contributed by atoms with Crippen LogP contribution in [0.3, 0.4) is 0 Å². The molecule has 0 spiro atoms. The molecule has 3 rings (SSSR count). The summed E-state index contributed by atoms with van der Waals surface area (Å²) in [7, 11) is 0. The Morgan fingerprint density at radius 1 is 1.00 bits per heavy atom. The molecule has 26 heavy (non-hydrogen) atoms. The van der Waals surface area contributed by atoms with Gasteiger partial charge in [0.1, 0.15) is 5.82 Å². The maximum absolute atomic E-state index is 13.3. The van der Waals surface area contributed by atoms with Gasteiger partial charge in [-0.25, -0.2) is 4.39 Å². The van der Waals surface area contributed by atoms with Gasteiger partial charge in [0.2, 0.25) is 5.91 Å². The highest BCUT2D eigenvalue weighted by molar-refractivity contribution is 7.20. The van der Waals surface area contributed by atoms with E-state index in [1.165, 1.54) is 23.5 Å². The molecule has 0 aliphatic carbocycles. The quantitative estimate of drug-likeness (QED) is 0.642. The highest BCUT2D eigenvalue weighted by Gasteiger charge is 2.11. The zero-order valence-electron chi connectivity index (χ0n) is 14.5. The second kappa shape index (κ2) is 7.66. The Morgan fingerprint density at radius 2 is 1.65 bits per heavy atom. The number of fused-ring (bicyclic) bond motifs is 1. The summed E-state index contributed by atoms with van der Waals surface area (Å²) < 4.78 is 14.1. The van der Waals surface area contributed by atoms with E-state index in [0.717, 1.165) is 4.70 Å². The van der Waals surface area contributed by atoms with Gasteiger partial charge in [-0.15, -0.1) is 11.3 Å². The minimum atomic E-state index is -0.322. The van der Waals surface area contributed by atoms with Crippen LogP contribution in [0.1, 0.15) is 29.9 Å². The number of benzene rings is 2. The van der Waals surface area contributed by atoms with Crippen molar-refractivity contribution in [3.63, 3.8) is 0 Å². The number of rotatable bonds is 5. The summed E-state index contributed by atoms with van der Waals surface area (Å²) >= 11 is 1.31. The number of amides is 2. The summed E-state index contributed by atoms with van der Waals surface area (Å²) in [5.74, 6) is -0.307. The van der Waals surface area contributed by atoms with E-state index in [0.29, 0.717) is 34.0 Å². The van der Waals surface area contributed by atoms with Crippen LogP contribution in [0.5, 0.6) is 0 Å². The first-order chi connectivity index (χ1) is 12.4. The number of halogens is 1. The Hall–Kier alpha value is -2.73. The maximum Gasteiger partial charge on any atom is 0.265 e. The summed E-state index contributed by atoms with van der Waals surface area (Å²) in [5.41, 5.74) is 1.31. The molecule has 2 N–H and O–H groups in total. The molecule has 134 valence electrons. The van der Waals surface area contributed by atoms with Gasteiger partial charge in [-0.2, -0.15) is 0 Å². The minimum Gasteiger partial charge on any atom is -0.326 e. The topological polar surface area (TPSA) is 58.2 Å². The number of anilines is 2. The van der Waals surface area contributed by atoms with Crippen molar-refractivity contribution in [2.75, 3.05) is 10.6 Å². The van der Waals surface area contributed by atoms with E-state index >= 15 is 0 Å². The first-order valence-electron chi connectivity index (χ1n) is 8.31. The first kappa shape index (κ1) is 18.1. The van der Waals surface area contributed by atoms with Gasteiger partial charge in [0.05, 0.1) is 4.88 Å². The first-order valence-corrected chi connectivity index (χ1v) is 9.13. The highest BCUT2D eigenvalue weighted by Crippen LogP contribution is 2.27. The number of hydrogen-bond acceptors (Lipinski definition) is 3. The number of carbonyl (C=O) groups excluding carboxylic acids is 2. The van der Waals surface area contributed by atoms with Crippen LogP contribution in [0.4, 0.5) is 15.8 Å². The van der Waals surface area contributed by atoms with Crippen LogP contribution >= 0.6 is 11.3 Å². The molecule has 0 saturated heterocycles. The van der Waals surface area contributed by atoms with Crippen LogP contribution in [0.2, 0.25) is 0 Å². The lowest BCUT2D eigenvalue weighted by atomic mass is 10.1. The summed E-state index contributed by atoms with van der Waals surface area (Å²) in [6.45, 7) is 3.97. The summed E-state index contributed by atoms with van der Waals surface area (Å²) in [6, 6.07) is 13.1. The van der Waals surface area contributed by atoms with Crippen LogP contribution in [-0.4, -0.2) is 11.8 Å². The molecule has 0 fully saturated rings. The molecule has 2 aromatic carbocycles. The normalized spacial score (nSPS) is 10.9. The number of nitrogens with one attached hydrogen (secondary N) is 2.